The van der Waals surface area contributed by atoms with Crippen molar-refractivity contribution in [1.29, 1.82) is 0 Å². The number of piperazine rings is 1. The Morgan fingerprint density at radius 3 is 2.54 bits per heavy atom. The van der Waals surface area contributed by atoms with E-state index in [2.05, 4.69) is 35.9 Å². The number of rotatable bonds is 5. The van der Waals surface area contributed by atoms with Gasteiger partial charge in [0, 0.05) is 36.1 Å². The van der Waals surface area contributed by atoms with Gasteiger partial charge in [0.1, 0.15) is 0 Å². The zero-order valence-electron chi connectivity index (χ0n) is 15.6. The van der Waals surface area contributed by atoms with E-state index in [4.69, 9.17) is 11.6 Å². The average molecular weight is 392 g/mol. The summed E-state index contributed by atoms with van der Waals surface area (Å²) >= 11 is 7.78. The van der Waals surface area contributed by atoms with Crippen molar-refractivity contribution in [2.24, 2.45) is 0 Å². The lowest BCUT2D eigenvalue weighted by atomic mass is 10.2. The molecule has 0 unspecified atom stereocenters. The molecular weight excluding hydrogens is 366 g/mol. The minimum Gasteiger partial charge on any atom is -0.367 e. The van der Waals surface area contributed by atoms with Gasteiger partial charge >= 0.3 is 0 Å². The maximum atomic E-state index is 12.8. The number of amides is 1. The fourth-order valence-corrected chi connectivity index (χ4v) is 4.54. The van der Waals surface area contributed by atoms with Crippen LogP contribution in [-0.2, 0) is 6.42 Å². The Morgan fingerprint density at radius 1 is 1.19 bits per heavy atom. The maximum absolute atomic E-state index is 12.8. The highest BCUT2D eigenvalue weighted by Crippen LogP contribution is 2.31. The van der Waals surface area contributed by atoms with Gasteiger partial charge in [0.25, 0.3) is 5.91 Å². The Bertz CT molecular complexity index is 781. The Morgan fingerprint density at radius 2 is 1.92 bits per heavy atom. The van der Waals surface area contributed by atoms with Crippen LogP contribution in [0.2, 0.25) is 5.02 Å². The fraction of sp³-hybridized carbons (Fsp3) is 0.450. The minimum atomic E-state index is -0.0616. The number of hydrogen-bond donors (Lipinski definition) is 1. The molecule has 1 aliphatic heterocycles. The number of hydrogen-bond acceptors (Lipinski definition) is 4. The number of anilines is 2. The molecule has 1 aromatic carbocycles. The summed E-state index contributed by atoms with van der Waals surface area (Å²) in [6.45, 7) is 11.4. The zero-order chi connectivity index (χ0) is 18.7. The van der Waals surface area contributed by atoms with Gasteiger partial charge in [-0.2, -0.15) is 0 Å². The molecule has 1 amide bonds. The highest BCUT2D eigenvalue weighted by atomic mass is 35.5. The Balaban J connectivity index is 1.80. The molecule has 0 saturated carbocycles. The Hall–Kier alpha value is -1.56. The van der Waals surface area contributed by atoms with Crippen LogP contribution < -0.4 is 10.2 Å². The van der Waals surface area contributed by atoms with Crippen LogP contribution in [0.5, 0.6) is 0 Å². The number of thiophene rings is 1. The third-order valence-corrected chi connectivity index (χ3v) is 6.55. The van der Waals surface area contributed by atoms with E-state index in [1.54, 1.807) is 11.3 Å². The third kappa shape index (κ3) is 4.22. The van der Waals surface area contributed by atoms with Crippen LogP contribution >= 0.6 is 22.9 Å². The van der Waals surface area contributed by atoms with E-state index < -0.39 is 0 Å². The molecular formula is C20H26ClN3OS. The van der Waals surface area contributed by atoms with Gasteiger partial charge in [0.05, 0.1) is 16.3 Å². The summed E-state index contributed by atoms with van der Waals surface area (Å²) in [6, 6.07) is 7.73. The summed E-state index contributed by atoms with van der Waals surface area (Å²) in [4.78, 5) is 19.5. The number of nitrogens with zero attached hydrogens (tertiary/aromatic N) is 2. The summed E-state index contributed by atoms with van der Waals surface area (Å²) in [5.41, 5.74) is 3.02. The topological polar surface area (TPSA) is 35.6 Å². The molecule has 140 valence electrons. The zero-order valence-corrected chi connectivity index (χ0v) is 17.2. The summed E-state index contributed by atoms with van der Waals surface area (Å²) < 4.78 is 0. The van der Waals surface area contributed by atoms with Gasteiger partial charge in [0.15, 0.2) is 0 Å². The van der Waals surface area contributed by atoms with E-state index >= 15 is 0 Å². The molecule has 4 nitrogen and oxygen atoms in total. The van der Waals surface area contributed by atoms with Crippen molar-refractivity contribution in [1.82, 2.24) is 4.90 Å². The molecule has 1 aliphatic rings. The van der Waals surface area contributed by atoms with E-state index in [1.807, 2.05) is 24.3 Å². The van der Waals surface area contributed by atoms with Crippen LogP contribution in [-0.4, -0.2) is 43.5 Å². The lowest BCUT2D eigenvalue weighted by Crippen LogP contribution is -2.46. The second kappa shape index (κ2) is 8.42. The molecule has 2 heterocycles. The van der Waals surface area contributed by atoms with Crippen molar-refractivity contribution < 1.29 is 4.79 Å². The number of halogens is 1. The summed E-state index contributed by atoms with van der Waals surface area (Å²) in [5, 5.41) is 3.72. The predicted molar refractivity (Wildman–Crippen MR) is 112 cm³/mol. The molecule has 3 rings (SSSR count). The SMILES string of the molecule is CCc1sc(C(=O)Nc2cc(Cl)ccc2N2CCN(CC)CC2)cc1C. The molecule has 0 atom stereocenters. The second-order valence-electron chi connectivity index (χ2n) is 6.61. The molecule has 1 aromatic heterocycles. The first-order valence-corrected chi connectivity index (χ1v) is 10.4. The molecule has 2 aromatic rings. The quantitative estimate of drug-likeness (QED) is 0.804. The van der Waals surface area contributed by atoms with E-state index in [0.29, 0.717) is 5.02 Å². The molecule has 26 heavy (non-hydrogen) atoms. The first-order valence-electron chi connectivity index (χ1n) is 9.19. The van der Waals surface area contributed by atoms with Crippen LogP contribution in [0.4, 0.5) is 11.4 Å². The Labute approximate surface area is 164 Å². The van der Waals surface area contributed by atoms with E-state index in [-0.39, 0.29) is 5.91 Å². The third-order valence-electron chi connectivity index (χ3n) is 4.93. The van der Waals surface area contributed by atoms with Crippen LogP contribution in [0.3, 0.4) is 0 Å². The lowest BCUT2D eigenvalue weighted by Gasteiger charge is -2.36. The number of carbonyl (C=O) groups excluding carboxylic acids is 1. The number of carbonyl (C=O) groups is 1. The fourth-order valence-electron chi connectivity index (χ4n) is 3.36. The van der Waals surface area contributed by atoms with Crippen molar-refractivity contribution in [3.05, 3.63) is 44.6 Å². The van der Waals surface area contributed by atoms with Gasteiger partial charge in [-0.15, -0.1) is 11.3 Å². The highest BCUT2D eigenvalue weighted by Gasteiger charge is 2.20. The van der Waals surface area contributed by atoms with Gasteiger partial charge in [-0.1, -0.05) is 25.4 Å². The van der Waals surface area contributed by atoms with E-state index in [9.17, 15) is 4.79 Å². The summed E-state index contributed by atoms with van der Waals surface area (Å²) in [6.07, 6.45) is 0.952. The van der Waals surface area contributed by atoms with Crippen LogP contribution in [0.15, 0.2) is 24.3 Å². The van der Waals surface area contributed by atoms with Gasteiger partial charge in [-0.05, 0) is 49.7 Å². The van der Waals surface area contributed by atoms with Gasteiger partial charge in [-0.25, -0.2) is 0 Å². The largest absolute Gasteiger partial charge is 0.367 e. The molecule has 0 radical (unpaired) electrons. The smallest absolute Gasteiger partial charge is 0.265 e. The van der Waals surface area contributed by atoms with Gasteiger partial charge in [-0.3, -0.25) is 4.79 Å². The maximum Gasteiger partial charge on any atom is 0.265 e. The van der Waals surface area contributed by atoms with Gasteiger partial charge in [0.2, 0.25) is 0 Å². The summed E-state index contributed by atoms with van der Waals surface area (Å²) in [5.74, 6) is -0.0616. The molecule has 1 N–H and O–H groups in total. The Kier molecular flexibility index (Phi) is 6.22. The van der Waals surface area contributed by atoms with Crippen LogP contribution in [0.1, 0.15) is 34.0 Å². The molecule has 0 bridgehead atoms. The van der Waals surface area contributed by atoms with Crippen molar-refractivity contribution >= 4 is 40.2 Å². The van der Waals surface area contributed by atoms with Crippen LogP contribution in [0, 0.1) is 6.92 Å². The lowest BCUT2D eigenvalue weighted by molar-refractivity contribution is 0.103. The van der Waals surface area contributed by atoms with Crippen molar-refractivity contribution in [3.8, 4) is 0 Å². The minimum absolute atomic E-state index is 0.0616. The predicted octanol–water partition coefficient (Wildman–Crippen LogP) is 4.67. The second-order valence-corrected chi connectivity index (χ2v) is 8.18. The standard InChI is InChI=1S/C20H26ClN3OS/c1-4-18-14(3)12-19(26-18)20(25)22-16-13-15(21)6-7-17(16)24-10-8-23(5-2)9-11-24/h6-7,12-13H,4-5,8-11H2,1-3H3,(H,22,25). The monoisotopic (exact) mass is 391 g/mol. The molecule has 0 aliphatic carbocycles. The number of nitrogens with one attached hydrogen (secondary N) is 1. The van der Waals surface area contributed by atoms with Crippen molar-refractivity contribution in [2.45, 2.75) is 27.2 Å². The van der Waals surface area contributed by atoms with Crippen molar-refractivity contribution in [2.75, 3.05) is 42.9 Å². The first-order chi connectivity index (χ1) is 12.5. The normalized spacial score (nSPS) is 15.3. The first kappa shape index (κ1) is 19.2. The van der Waals surface area contributed by atoms with Crippen LogP contribution in [0.25, 0.3) is 0 Å². The number of benzene rings is 1. The molecule has 6 heteroatoms. The van der Waals surface area contributed by atoms with Gasteiger partial charge < -0.3 is 15.1 Å². The van der Waals surface area contributed by atoms with Crippen molar-refractivity contribution in [3.63, 3.8) is 0 Å². The molecule has 1 fully saturated rings. The van der Waals surface area contributed by atoms with E-state index in [1.165, 1.54) is 10.4 Å². The summed E-state index contributed by atoms with van der Waals surface area (Å²) in [7, 11) is 0. The average Bonchev–Trinajstić information content (AvgIpc) is 3.03. The molecule has 1 saturated heterocycles. The highest BCUT2D eigenvalue weighted by molar-refractivity contribution is 7.14. The van der Waals surface area contributed by atoms with E-state index in [0.717, 1.165) is 55.4 Å². The molecule has 0 spiro atoms. The number of likely N-dealkylation sites (N-methyl/N-ethyl adjacent to an activating group) is 1. The number of aryl methyl sites for hydroxylation is 2.